The van der Waals surface area contributed by atoms with E-state index in [1.165, 1.54) is 0 Å². The molecule has 8 nitrogen and oxygen atoms in total. The van der Waals surface area contributed by atoms with Crippen LogP contribution in [0.5, 0.6) is 0 Å². The number of carboxylic acid groups (broad SMARTS) is 1. The molecule has 0 heterocycles. The van der Waals surface area contributed by atoms with Crippen molar-refractivity contribution in [1.29, 1.82) is 0 Å². The lowest BCUT2D eigenvalue weighted by Gasteiger charge is -1.88. The molecule has 0 atom stereocenters. The molecule has 98 valence electrons. The van der Waals surface area contributed by atoms with Crippen molar-refractivity contribution in [3.63, 3.8) is 0 Å². The molecule has 1 N–H and O–H groups in total. The minimum atomic E-state index is -0.879. The number of halogens is 2. The average Bonchev–Trinajstić information content (AvgIpc) is 2.21. The lowest BCUT2D eigenvalue weighted by atomic mass is 10.2. The molecule has 0 fully saturated rings. The van der Waals surface area contributed by atoms with Crippen LogP contribution in [0.15, 0.2) is 30.3 Å². The minimum Gasteiger partial charge on any atom is -0.478 e. The normalized spacial score (nSPS) is 6.12. The Bertz CT molecular complexity index is 285. The summed E-state index contributed by atoms with van der Waals surface area (Å²) >= 11 is 0. The SMILES string of the molecule is Cl.Cl.O=C(O)c1ccccc1.O=[O+][O-].O=[O+][O-]. The molecule has 0 unspecified atom stereocenters. The van der Waals surface area contributed by atoms with E-state index in [1.807, 2.05) is 0 Å². The molecule has 0 aromatic heterocycles. The first-order chi connectivity index (χ1) is 7.13. The van der Waals surface area contributed by atoms with Gasteiger partial charge in [0.15, 0.2) is 9.49 Å². The Labute approximate surface area is 107 Å². The number of benzene rings is 1. The van der Waals surface area contributed by atoms with Gasteiger partial charge in [-0.2, -0.15) is 0 Å². The van der Waals surface area contributed by atoms with Gasteiger partial charge in [-0.15, -0.1) is 24.8 Å². The summed E-state index contributed by atoms with van der Waals surface area (Å²) in [5.74, 6) is -0.879. The molecule has 17 heavy (non-hydrogen) atoms. The molecule has 0 spiro atoms. The van der Waals surface area contributed by atoms with Crippen molar-refractivity contribution in [2.75, 3.05) is 0 Å². The van der Waals surface area contributed by atoms with Gasteiger partial charge in [-0.25, -0.2) is 4.79 Å². The van der Waals surface area contributed by atoms with Crippen LogP contribution in [0.25, 0.3) is 0 Å². The van der Waals surface area contributed by atoms with E-state index in [1.54, 1.807) is 39.8 Å². The first-order valence-corrected chi connectivity index (χ1v) is 3.26. The fourth-order valence-electron chi connectivity index (χ4n) is 0.581. The zero-order chi connectivity index (χ0) is 12.1. The summed E-state index contributed by atoms with van der Waals surface area (Å²) in [4.78, 5) is 26.0. The zero-order valence-corrected chi connectivity index (χ0v) is 9.64. The van der Waals surface area contributed by atoms with Crippen LogP contribution in [0, 0.1) is 19.4 Å². The maximum Gasteiger partial charge on any atom is 0.335 e. The molecule has 1 aromatic rings. The Balaban J connectivity index is -0.0000000917. The molecule has 0 radical (unpaired) electrons. The second-order valence-corrected chi connectivity index (χ2v) is 1.81. The quantitative estimate of drug-likeness (QED) is 0.438. The number of carbonyl (C=O) groups is 1. The third-order valence-corrected chi connectivity index (χ3v) is 1.02. The van der Waals surface area contributed by atoms with Crippen molar-refractivity contribution < 1.29 is 20.4 Å². The van der Waals surface area contributed by atoms with E-state index in [0.717, 1.165) is 0 Å². The van der Waals surface area contributed by atoms with Gasteiger partial charge in [-0.3, -0.25) is 0 Å². The van der Waals surface area contributed by atoms with Crippen molar-refractivity contribution in [2.24, 2.45) is 0 Å². The van der Waals surface area contributed by atoms with Gasteiger partial charge in [-0.1, -0.05) is 38.6 Å². The topological polar surface area (TPSA) is 140 Å². The predicted molar refractivity (Wildman–Crippen MR) is 61.4 cm³/mol. The first-order valence-electron chi connectivity index (χ1n) is 3.26. The summed E-state index contributed by atoms with van der Waals surface area (Å²) in [5, 5.41) is 24.1. The lowest BCUT2D eigenvalue weighted by Crippen LogP contribution is -1.93. The Morgan fingerprint density at radius 3 is 1.47 bits per heavy atom. The van der Waals surface area contributed by atoms with Crippen LogP contribution in [0.4, 0.5) is 0 Å². The fourth-order valence-corrected chi connectivity index (χ4v) is 0.581. The fraction of sp³-hybridized carbons (Fsp3) is 0. The standard InChI is InChI=1S/C7H6O2.2ClH.2O3/c8-7(9)6-4-2-1-3-5-6;;;2*1-3-2/h1-5H,(H,8,9);2*1H;;. The highest BCUT2D eigenvalue weighted by Crippen LogP contribution is 1.96. The van der Waals surface area contributed by atoms with Crippen LogP contribution >= 0.6 is 24.8 Å². The third kappa shape index (κ3) is 20.2. The van der Waals surface area contributed by atoms with Gasteiger partial charge >= 0.3 is 5.97 Å². The van der Waals surface area contributed by atoms with E-state index in [2.05, 4.69) is 0 Å². The van der Waals surface area contributed by atoms with Gasteiger partial charge in [0.1, 0.15) is 0 Å². The molecule has 0 saturated heterocycles. The summed E-state index contributed by atoms with van der Waals surface area (Å²) in [5.41, 5.74) is 0.331. The molecule has 1 rings (SSSR count). The highest BCUT2D eigenvalue weighted by Gasteiger charge is 1.96. The third-order valence-electron chi connectivity index (χ3n) is 1.02. The summed E-state index contributed by atoms with van der Waals surface area (Å²) in [7, 11) is 0. The number of aromatic carboxylic acids is 1. The second kappa shape index (κ2) is 19.6. The van der Waals surface area contributed by atoms with E-state index in [-0.39, 0.29) is 24.8 Å². The van der Waals surface area contributed by atoms with Crippen LogP contribution in [0.1, 0.15) is 10.4 Å². The summed E-state index contributed by atoms with van der Waals surface area (Å²) in [6.45, 7) is 0. The zero-order valence-electron chi connectivity index (χ0n) is 8.01. The van der Waals surface area contributed by atoms with Crippen molar-refractivity contribution in [3.8, 4) is 0 Å². The molecule has 0 bridgehead atoms. The molecular formula is C7H8Cl2O8. The van der Waals surface area contributed by atoms with Gasteiger partial charge in [0.2, 0.25) is 0 Å². The van der Waals surface area contributed by atoms with Gasteiger partial charge in [0, 0.05) is 0 Å². The van der Waals surface area contributed by atoms with Gasteiger partial charge in [0.05, 0.1) is 5.56 Å². The summed E-state index contributed by atoms with van der Waals surface area (Å²) in [6.07, 6.45) is 0. The Morgan fingerprint density at radius 1 is 1.00 bits per heavy atom. The summed E-state index contributed by atoms with van der Waals surface area (Å²) in [6, 6.07) is 8.30. The summed E-state index contributed by atoms with van der Waals surface area (Å²) < 4.78 is 3.50. The largest absolute Gasteiger partial charge is 0.478 e. The maximum atomic E-state index is 10.2. The molecule has 0 aliphatic rings. The average molecular weight is 291 g/mol. The van der Waals surface area contributed by atoms with E-state index in [9.17, 15) is 4.79 Å². The smallest absolute Gasteiger partial charge is 0.335 e. The van der Waals surface area contributed by atoms with Crippen molar-refractivity contribution in [1.82, 2.24) is 0 Å². The minimum absolute atomic E-state index is 0. The Morgan fingerprint density at radius 2 is 1.29 bits per heavy atom. The number of hydrogen-bond acceptors (Lipinski definition) is 5. The Hall–Kier alpha value is -1.93. The molecule has 0 saturated carbocycles. The number of rotatable bonds is 1. The lowest BCUT2D eigenvalue weighted by molar-refractivity contribution is -0.285. The highest BCUT2D eigenvalue weighted by atomic mass is 35.5. The van der Waals surface area contributed by atoms with Crippen LogP contribution in [0.3, 0.4) is 0 Å². The monoisotopic (exact) mass is 290 g/mol. The van der Waals surface area contributed by atoms with E-state index >= 15 is 0 Å². The molecule has 0 amide bonds. The van der Waals surface area contributed by atoms with Crippen molar-refractivity contribution >= 4 is 30.8 Å². The predicted octanol–water partition coefficient (Wildman–Crippen LogP) is -0.0156. The van der Waals surface area contributed by atoms with Gasteiger partial charge in [0.25, 0.3) is 0 Å². The van der Waals surface area contributed by atoms with Crippen molar-refractivity contribution in [2.45, 2.75) is 0 Å². The molecule has 1 aromatic carbocycles. The maximum absolute atomic E-state index is 10.2. The number of carboxylic acids is 1. The van der Waals surface area contributed by atoms with Crippen LogP contribution < -0.4 is 10.5 Å². The van der Waals surface area contributed by atoms with Crippen LogP contribution in [-0.4, -0.2) is 11.1 Å². The van der Waals surface area contributed by atoms with Crippen LogP contribution in [0.2, 0.25) is 0 Å². The van der Waals surface area contributed by atoms with E-state index < -0.39 is 5.97 Å². The Kier molecular flexibility index (Phi) is 28.1. The van der Waals surface area contributed by atoms with E-state index in [0.29, 0.717) is 5.56 Å². The van der Waals surface area contributed by atoms with Crippen LogP contribution in [-0.2, 0) is 0 Å². The van der Waals surface area contributed by atoms with Gasteiger partial charge < -0.3 is 5.11 Å². The highest BCUT2D eigenvalue weighted by molar-refractivity contribution is 5.87. The molecular weight excluding hydrogens is 283 g/mol. The number of hydrogen-bond donors (Lipinski definition) is 1. The van der Waals surface area contributed by atoms with E-state index in [4.69, 9.17) is 25.6 Å². The van der Waals surface area contributed by atoms with Crippen molar-refractivity contribution in [3.05, 3.63) is 55.3 Å². The molecule has 10 heteroatoms. The molecule has 0 aliphatic heterocycles. The molecule has 0 aliphatic carbocycles. The van der Waals surface area contributed by atoms with Gasteiger partial charge in [-0.05, 0) is 12.1 Å². The first kappa shape index (κ1) is 24.3. The second-order valence-electron chi connectivity index (χ2n) is 1.81.